The molecule has 0 unspecified atom stereocenters. The van der Waals surface area contributed by atoms with Crippen molar-refractivity contribution in [1.82, 2.24) is 4.57 Å². The van der Waals surface area contributed by atoms with E-state index in [9.17, 15) is 4.79 Å². The normalized spacial score (nSPS) is 10.6. The summed E-state index contributed by atoms with van der Waals surface area (Å²) in [5, 5.41) is 0. The van der Waals surface area contributed by atoms with Crippen LogP contribution in [0.4, 0.5) is 0 Å². The minimum atomic E-state index is -0.281. The van der Waals surface area contributed by atoms with Gasteiger partial charge in [-0.25, -0.2) is 13.9 Å². The van der Waals surface area contributed by atoms with E-state index in [0.717, 1.165) is 17.7 Å². The number of carbonyl (C=O) groups excluding carboxylic acids is 1. The Morgan fingerprint density at radius 2 is 1.67 bits per heavy atom. The lowest BCUT2D eigenvalue weighted by Gasteiger charge is -2.05. The molecule has 0 aliphatic rings. The molecule has 1 heterocycles. The van der Waals surface area contributed by atoms with Crippen molar-refractivity contribution >= 4 is 5.97 Å². The molecule has 122 valence electrons. The van der Waals surface area contributed by atoms with Gasteiger partial charge in [0.1, 0.15) is 18.1 Å². The first-order valence-electron chi connectivity index (χ1n) is 8.06. The van der Waals surface area contributed by atoms with Gasteiger partial charge in [0.15, 0.2) is 6.54 Å². The van der Waals surface area contributed by atoms with Crippen LogP contribution in [0.5, 0.6) is 5.75 Å². The van der Waals surface area contributed by atoms with Crippen LogP contribution >= 0.6 is 0 Å². The van der Waals surface area contributed by atoms with E-state index in [1.54, 1.807) is 0 Å². The number of aryl methyl sites for hydroxylation is 2. The number of imidazole rings is 1. The highest BCUT2D eigenvalue weighted by Crippen LogP contribution is 2.22. The van der Waals surface area contributed by atoms with Crippen molar-refractivity contribution in [2.75, 3.05) is 0 Å². The summed E-state index contributed by atoms with van der Waals surface area (Å²) in [6.45, 7) is 5.20. The van der Waals surface area contributed by atoms with Gasteiger partial charge in [-0.15, -0.1) is 0 Å². The van der Waals surface area contributed by atoms with Gasteiger partial charge in [0.05, 0.1) is 6.54 Å². The quantitative estimate of drug-likeness (QED) is 0.410. The molecule has 0 atom stereocenters. The van der Waals surface area contributed by atoms with Crippen molar-refractivity contribution in [3.63, 3.8) is 0 Å². The summed E-state index contributed by atoms with van der Waals surface area (Å²) in [6, 6.07) is 15.9. The molecule has 0 spiro atoms. The summed E-state index contributed by atoms with van der Waals surface area (Å²) in [7, 11) is 0. The first kappa shape index (κ1) is 16.0. The van der Waals surface area contributed by atoms with E-state index in [2.05, 4.69) is 38.1 Å². The number of hydrogen-bond donors (Lipinski definition) is 0. The van der Waals surface area contributed by atoms with Crippen LogP contribution in [-0.2, 0) is 17.9 Å². The maximum absolute atomic E-state index is 12.0. The van der Waals surface area contributed by atoms with Crippen LogP contribution in [0.2, 0.25) is 0 Å². The summed E-state index contributed by atoms with van der Waals surface area (Å²) in [6.07, 6.45) is 5.69. The second kappa shape index (κ2) is 7.13. The molecule has 3 rings (SSSR count). The molecule has 4 heteroatoms. The number of aromatic nitrogens is 2. The molecule has 0 saturated carbocycles. The van der Waals surface area contributed by atoms with Crippen LogP contribution in [0.3, 0.4) is 0 Å². The largest absolute Gasteiger partial charge is 0.424 e. The summed E-state index contributed by atoms with van der Waals surface area (Å²) in [5.74, 6) is 0.281. The van der Waals surface area contributed by atoms with Crippen LogP contribution in [0.1, 0.15) is 12.5 Å². The predicted octanol–water partition coefficient (Wildman–Crippen LogP) is 3.38. The molecule has 0 amide bonds. The lowest BCUT2D eigenvalue weighted by Crippen LogP contribution is -2.37. The fourth-order valence-electron chi connectivity index (χ4n) is 2.49. The van der Waals surface area contributed by atoms with E-state index in [1.165, 1.54) is 5.56 Å². The Kier molecular flexibility index (Phi) is 4.75. The van der Waals surface area contributed by atoms with E-state index in [1.807, 2.05) is 52.1 Å². The summed E-state index contributed by atoms with van der Waals surface area (Å²) in [4.78, 5) is 12.0. The molecular formula is C20H21N2O2+. The average Bonchev–Trinajstić information content (AvgIpc) is 3.04. The van der Waals surface area contributed by atoms with Gasteiger partial charge in [0, 0.05) is 0 Å². The van der Waals surface area contributed by atoms with Gasteiger partial charge in [0.25, 0.3) is 0 Å². The molecule has 0 N–H and O–H groups in total. The first-order chi connectivity index (χ1) is 11.6. The van der Waals surface area contributed by atoms with Gasteiger partial charge in [0.2, 0.25) is 6.33 Å². The molecule has 0 aliphatic carbocycles. The van der Waals surface area contributed by atoms with Crippen molar-refractivity contribution in [2.45, 2.75) is 26.9 Å². The highest BCUT2D eigenvalue weighted by Gasteiger charge is 2.11. The van der Waals surface area contributed by atoms with Gasteiger partial charge in [-0.05, 0) is 37.1 Å². The molecule has 24 heavy (non-hydrogen) atoms. The molecule has 0 fully saturated rings. The average molecular weight is 321 g/mol. The van der Waals surface area contributed by atoms with Gasteiger partial charge in [-0.2, -0.15) is 0 Å². The Labute approximate surface area is 141 Å². The van der Waals surface area contributed by atoms with Gasteiger partial charge in [-0.3, -0.25) is 0 Å². The smallest absolute Gasteiger partial charge is 0.353 e. The molecule has 0 radical (unpaired) electrons. The van der Waals surface area contributed by atoms with Crippen LogP contribution in [-0.4, -0.2) is 10.5 Å². The third-order valence-electron chi connectivity index (χ3n) is 3.89. The van der Waals surface area contributed by atoms with Crippen molar-refractivity contribution in [3.8, 4) is 16.9 Å². The molecule has 2 aromatic carbocycles. The highest BCUT2D eigenvalue weighted by molar-refractivity contribution is 5.71. The molecular weight excluding hydrogens is 300 g/mol. The second-order valence-corrected chi connectivity index (χ2v) is 5.78. The van der Waals surface area contributed by atoms with Crippen LogP contribution in [0, 0.1) is 6.92 Å². The van der Waals surface area contributed by atoms with Crippen molar-refractivity contribution < 1.29 is 14.1 Å². The minimum absolute atomic E-state index is 0.201. The van der Waals surface area contributed by atoms with E-state index in [4.69, 9.17) is 4.74 Å². The summed E-state index contributed by atoms with van der Waals surface area (Å²) in [5.41, 5.74) is 3.48. The Morgan fingerprint density at radius 1 is 1.04 bits per heavy atom. The van der Waals surface area contributed by atoms with E-state index in [0.29, 0.717) is 5.75 Å². The Morgan fingerprint density at radius 3 is 2.25 bits per heavy atom. The number of hydrogen-bond acceptors (Lipinski definition) is 2. The molecule has 0 saturated heterocycles. The van der Waals surface area contributed by atoms with Gasteiger partial charge in [-0.1, -0.05) is 42.0 Å². The fraction of sp³-hybridized carbons (Fsp3) is 0.200. The Hall–Kier alpha value is -2.88. The van der Waals surface area contributed by atoms with Gasteiger partial charge < -0.3 is 4.74 Å². The lowest BCUT2D eigenvalue weighted by molar-refractivity contribution is -0.685. The highest BCUT2D eigenvalue weighted by atomic mass is 16.5. The van der Waals surface area contributed by atoms with E-state index < -0.39 is 0 Å². The topological polar surface area (TPSA) is 35.1 Å². The number of esters is 1. The Bertz CT molecular complexity index is 818. The molecule has 0 bridgehead atoms. The number of nitrogens with zero attached hydrogens (tertiary/aromatic N) is 2. The molecule has 0 aliphatic heterocycles. The van der Waals surface area contributed by atoms with Crippen molar-refractivity contribution in [2.24, 2.45) is 0 Å². The standard InChI is InChI=1S/C20H21N2O2/c1-3-21-12-13-22(15-21)14-20(23)24-19-10-8-18(9-11-19)17-6-4-16(2)5-7-17/h4-13,15H,3,14H2,1-2H3/q+1. The first-order valence-corrected chi connectivity index (χ1v) is 8.06. The third-order valence-corrected chi connectivity index (χ3v) is 3.89. The van der Waals surface area contributed by atoms with E-state index in [-0.39, 0.29) is 12.5 Å². The Balaban J connectivity index is 1.63. The summed E-state index contributed by atoms with van der Waals surface area (Å²) < 4.78 is 9.22. The zero-order chi connectivity index (χ0) is 16.9. The number of ether oxygens (including phenoxy) is 1. The molecule has 4 nitrogen and oxygen atoms in total. The van der Waals surface area contributed by atoms with E-state index >= 15 is 0 Å². The lowest BCUT2D eigenvalue weighted by atomic mass is 10.0. The predicted molar refractivity (Wildman–Crippen MR) is 92.6 cm³/mol. The third kappa shape index (κ3) is 3.90. The SMILES string of the molecule is CCn1cc[n+](CC(=O)Oc2ccc(-c3ccc(C)cc3)cc2)c1. The molecule has 1 aromatic heterocycles. The van der Waals surface area contributed by atoms with Crippen LogP contribution < -0.4 is 9.30 Å². The monoisotopic (exact) mass is 321 g/mol. The van der Waals surface area contributed by atoms with Crippen molar-refractivity contribution in [3.05, 3.63) is 72.8 Å². The second-order valence-electron chi connectivity index (χ2n) is 5.78. The summed E-state index contributed by atoms with van der Waals surface area (Å²) >= 11 is 0. The van der Waals surface area contributed by atoms with Gasteiger partial charge >= 0.3 is 5.97 Å². The molecule has 3 aromatic rings. The maximum atomic E-state index is 12.0. The number of carbonyl (C=O) groups is 1. The maximum Gasteiger partial charge on any atom is 0.353 e. The minimum Gasteiger partial charge on any atom is -0.424 e. The number of rotatable bonds is 5. The fourth-order valence-corrected chi connectivity index (χ4v) is 2.49. The zero-order valence-electron chi connectivity index (χ0n) is 14.0. The van der Waals surface area contributed by atoms with Crippen molar-refractivity contribution in [1.29, 1.82) is 0 Å². The zero-order valence-corrected chi connectivity index (χ0v) is 14.0. The van der Waals surface area contributed by atoms with Crippen LogP contribution in [0.15, 0.2) is 67.3 Å². The number of benzene rings is 2. The van der Waals surface area contributed by atoms with Crippen LogP contribution in [0.25, 0.3) is 11.1 Å².